The van der Waals surface area contributed by atoms with Crippen LogP contribution in [0.4, 0.5) is 0 Å². The number of methoxy groups -OCH3 is 2. The fraction of sp³-hybridized carbons (Fsp3) is 0.625. The van der Waals surface area contributed by atoms with Gasteiger partial charge in [0.2, 0.25) is 0 Å². The van der Waals surface area contributed by atoms with Crippen molar-refractivity contribution in [2.75, 3.05) is 14.2 Å². The first-order valence-electron chi connectivity index (χ1n) is 7.51. The lowest BCUT2D eigenvalue weighted by Gasteiger charge is -2.38. The van der Waals surface area contributed by atoms with E-state index in [2.05, 4.69) is 0 Å². The molecule has 1 aliphatic carbocycles. The Labute approximate surface area is 137 Å². The number of hydrogen-bond donors (Lipinski definition) is 1. The Kier molecular flexibility index (Phi) is 4.23. The van der Waals surface area contributed by atoms with Crippen LogP contribution in [0.3, 0.4) is 0 Å². The largest absolute Gasteiger partial charge is 0.494 e. The van der Waals surface area contributed by atoms with Crippen LogP contribution >= 0.6 is 0 Å². The molecule has 1 heterocycles. The first-order chi connectivity index (χ1) is 10.5. The minimum absolute atomic E-state index is 0.101. The molecule has 0 unspecified atom stereocenters. The fourth-order valence-electron chi connectivity index (χ4n) is 3.25. The normalized spacial score (nSPS) is 22.0. The molecule has 128 valence electrons. The van der Waals surface area contributed by atoms with E-state index in [9.17, 15) is 14.4 Å². The molecule has 0 fully saturated rings. The first-order valence-corrected chi connectivity index (χ1v) is 10.5. The Morgan fingerprint density at radius 1 is 1.17 bits per heavy atom. The average molecular weight is 340 g/mol. The van der Waals surface area contributed by atoms with Crippen LogP contribution in [0, 0.1) is 5.41 Å². The van der Waals surface area contributed by atoms with Gasteiger partial charge in [0.05, 0.1) is 14.2 Å². The highest BCUT2D eigenvalue weighted by molar-refractivity contribution is 6.76. The standard InChI is InChI=1S/C16H24O6Si/c1-15(2)7-10-8-16(13(17)20-3,14(18)21-4)9-11(10)12(22-15)23(5,6)19/h8,19H,7,9H2,1-6H3. The Hall–Kier alpha value is -1.60. The quantitative estimate of drug-likeness (QED) is 0.479. The van der Waals surface area contributed by atoms with Gasteiger partial charge in [-0.25, -0.2) is 0 Å². The summed E-state index contributed by atoms with van der Waals surface area (Å²) in [4.78, 5) is 35.2. The monoisotopic (exact) mass is 340 g/mol. The molecule has 0 spiro atoms. The van der Waals surface area contributed by atoms with Crippen molar-refractivity contribution < 1.29 is 28.6 Å². The van der Waals surface area contributed by atoms with E-state index in [1.807, 2.05) is 13.8 Å². The lowest BCUT2D eigenvalue weighted by molar-refractivity contribution is -0.164. The summed E-state index contributed by atoms with van der Waals surface area (Å²) in [5.74, 6) is -1.32. The van der Waals surface area contributed by atoms with Gasteiger partial charge in [-0.1, -0.05) is 6.08 Å². The van der Waals surface area contributed by atoms with Crippen LogP contribution in [0.2, 0.25) is 13.1 Å². The minimum Gasteiger partial charge on any atom is -0.494 e. The highest BCUT2D eigenvalue weighted by Crippen LogP contribution is 2.50. The average Bonchev–Trinajstić information content (AvgIpc) is 2.82. The molecule has 1 aliphatic heterocycles. The molecule has 0 radical (unpaired) electrons. The Morgan fingerprint density at radius 2 is 1.70 bits per heavy atom. The maximum Gasteiger partial charge on any atom is 0.327 e. The maximum absolute atomic E-state index is 12.3. The van der Waals surface area contributed by atoms with Crippen molar-refractivity contribution in [1.29, 1.82) is 0 Å². The van der Waals surface area contributed by atoms with E-state index >= 15 is 0 Å². The summed E-state index contributed by atoms with van der Waals surface area (Å²) >= 11 is 0. The SMILES string of the molecule is COC(=O)C1(C(=O)OC)C=C2CC(C)(C)OC([Si](C)(C)O)=C2C1. The first kappa shape index (κ1) is 17.7. The third-order valence-corrected chi connectivity index (χ3v) is 5.70. The topological polar surface area (TPSA) is 82.1 Å². The van der Waals surface area contributed by atoms with E-state index < -0.39 is 31.3 Å². The lowest BCUT2D eigenvalue weighted by Crippen LogP contribution is -2.41. The summed E-state index contributed by atoms with van der Waals surface area (Å²) in [6.45, 7) is 7.34. The second-order valence-corrected chi connectivity index (χ2v) is 10.8. The summed E-state index contributed by atoms with van der Waals surface area (Å²) in [5.41, 5.74) is -0.427. The molecule has 0 bridgehead atoms. The van der Waals surface area contributed by atoms with Crippen molar-refractivity contribution in [3.8, 4) is 0 Å². The van der Waals surface area contributed by atoms with Gasteiger partial charge in [-0.05, 0) is 38.1 Å². The molecule has 1 N–H and O–H groups in total. The number of ether oxygens (including phenoxy) is 3. The predicted octanol–water partition coefficient (Wildman–Crippen LogP) is 1.84. The third kappa shape index (κ3) is 2.95. The molecule has 7 heteroatoms. The van der Waals surface area contributed by atoms with Crippen molar-refractivity contribution in [3.05, 3.63) is 22.6 Å². The smallest absolute Gasteiger partial charge is 0.327 e. The molecule has 0 saturated carbocycles. The molecule has 0 amide bonds. The van der Waals surface area contributed by atoms with Crippen molar-refractivity contribution in [2.45, 2.75) is 45.4 Å². The molecule has 0 aromatic carbocycles. The zero-order valence-electron chi connectivity index (χ0n) is 14.5. The van der Waals surface area contributed by atoms with Crippen LogP contribution in [-0.4, -0.2) is 44.9 Å². The Bertz CT molecular complexity index is 593. The zero-order chi connectivity index (χ0) is 17.6. The highest BCUT2D eigenvalue weighted by atomic mass is 28.4. The molecule has 2 aliphatic rings. The number of carbonyl (C=O) groups is 2. The van der Waals surface area contributed by atoms with Gasteiger partial charge in [0.15, 0.2) is 5.41 Å². The van der Waals surface area contributed by atoms with Crippen molar-refractivity contribution >= 4 is 20.3 Å². The number of fused-ring (bicyclic) bond motifs is 1. The fourth-order valence-corrected chi connectivity index (χ4v) is 4.76. The minimum atomic E-state index is -2.77. The van der Waals surface area contributed by atoms with Crippen molar-refractivity contribution in [3.63, 3.8) is 0 Å². The van der Waals surface area contributed by atoms with Gasteiger partial charge in [-0.2, -0.15) is 0 Å². The summed E-state index contributed by atoms with van der Waals surface area (Å²) in [6, 6.07) is 0. The van der Waals surface area contributed by atoms with E-state index in [1.54, 1.807) is 19.2 Å². The van der Waals surface area contributed by atoms with Crippen LogP contribution in [0.1, 0.15) is 26.7 Å². The number of allylic oxidation sites excluding steroid dienone is 1. The van der Waals surface area contributed by atoms with Crippen LogP contribution in [0.25, 0.3) is 0 Å². The van der Waals surface area contributed by atoms with Gasteiger partial charge in [0, 0.05) is 12.8 Å². The molecule has 0 aromatic rings. The van der Waals surface area contributed by atoms with Crippen LogP contribution in [0.5, 0.6) is 0 Å². The number of hydrogen-bond acceptors (Lipinski definition) is 6. The molecule has 0 saturated heterocycles. The molecule has 23 heavy (non-hydrogen) atoms. The van der Waals surface area contributed by atoms with E-state index in [1.165, 1.54) is 14.2 Å². The second kappa shape index (κ2) is 5.49. The van der Waals surface area contributed by atoms with Crippen molar-refractivity contribution in [1.82, 2.24) is 0 Å². The number of rotatable bonds is 3. The Balaban J connectivity index is 2.64. The van der Waals surface area contributed by atoms with Crippen molar-refractivity contribution in [2.24, 2.45) is 5.41 Å². The van der Waals surface area contributed by atoms with E-state index in [0.29, 0.717) is 11.8 Å². The zero-order valence-corrected chi connectivity index (χ0v) is 15.5. The maximum atomic E-state index is 12.3. The van der Waals surface area contributed by atoms with Crippen LogP contribution in [0.15, 0.2) is 22.6 Å². The van der Waals surface area contributed by atoms with Gasteiger partial charge < -0.3 is 19.0 Å². The second-order valence-electron chi connectivity index (χ2n) is 7.21. The lowest BCUT2D eigenvalue weighted by atomic mass is 9.87. The predicted molar refractivity (Wildman–Crippen MR) is 85.7 cm³/mol. The van der Waals surface area contributed by atoms with Gasteiger partial charge >= 0.3 is 11.9 Å². The molecular weight excluding hydrogens is 316 g/mol. The van der Waals surface area contributed by atoms with Crippen LogP contribution in [-0.2, 0) is 23.8 Å². The highest BCUT2D eigenvalue weighted by Gasteiger charge is 2.55. The Morgan fingerprint density at radius 3 is 2.13 bits per heavy atom. The molecule has 0 atom stereocenters. The van der Waals surface area contributed by atoms with E-state index in [0.717, 1.165) is 11.1 Å². The van der Waals surface area contributed by atoms with E-state index in [-0.39, 0.29) is 6.42 Å². The molecular formula is C16H24O6Si. The van der Waals surface area contributed by atoms with Gasteiger partial charge in [-0.3, -0.25) is 9.59 Å². The summed E-state index contributed by atoms with van der Waals surface area (Å²) < 4.78 is 15.7. The number of carbonyl (C=O) groups excluding carboxylic acids is 2. The molecule has 6 nitrogen and oxygen atoms in total. The summed E-state index contributed by atoms with van der Waals surface area (Å²) in [7, 11) is -0.283. The van der Waals surface area contributed by atoms with Gasteiger partial charge in [0.1, 0.15) is 11.0 Å². The summed E-state index contributed by atoms with van der Waals surface area (Å²) in [5, 5.41) is 0.523. The summed E-state index contributed by atoms with van der Waals surface area (Å²) in [6.07, 6.45) is 2.28. The molecule has 0 aromatic heterocycles. The third-order valence-electron chi connectivity index (χ3n) is 4.19. The number of esters is 2. The van der Waals surface area contributed by atoms with Gasteiger partial charge in [0.25, 0.3) is 8.32 Å². The molecule has 2 rings (SSSR count). The van der Waals surface area contributed by atoms with E-state index in [4.69, 9.17) is 14.2 Å². The van der Waals surface area contributed by atoms with Crippen LogP contribution < -0.4 is 0 Å². The van der Waals surface area contributed by atoms with Gasteiger partial charge in [-0.15, -0.1) is 0 Å².